The van der Waals surface area contributed by atoms with E-state index < -0.39 is 0 Å². The van der Waals surface area contributed by atoms with Crippen LogP contribution in [0.5, 0.6) is 0 Å². The molecule has 0 radical (unpaired) electrons. The van der Waals surface area contributed by atoms with E-state index in [1.54, 1.807) is 0 Å². The highest BCUT2D eigenvalue weighted by atomic mass is 79.9. The highest BCUT2D eigenvalue weighted by Crippen LogP contribution is 2.41. The van der Waals surface area contributed by atoms with Crippen LogP contribution in [0.2, 0.25) is 0 Å². The molecule has 2 aromatic heterocycles. The highest BCUT2D eigenvalue weighted by Gasteiger charge is 2.22. The van der Waals surface area contributed by atoms with Crippen molar-refractivity contribution in [1.29, 1.82) is 0 Å². The summed E-state index contributed by atoms with van der Waals surface area (Å²) in [6.07, 6.45) is 0. The Morgan fingerprint density at radius 2 is 1.64 bits per heavy atom. The maximum atomic E-state index is 13.2. The summed E-state index contributed by atoms with van der Waals surface area (Å²) < 4.78 is 0.808. The Morgan fingerprint density at radius 1 is 0.939 bits per heavy atom. The number of hydrogen-bond acceptors (Lipinski definition) is 4. The number of nitrogens with one attached hydrogen (secondary N) is 1. The van der Waals surface area contributed by atoms with Crippen LogP contribution < -0.4 is 11.1 Å². The van der Waals surface area contributed by atoms with Gasteiger partial charge in [-0.2, -0.15) is 0 Å². The van der Waals surface area contributed by atoms with Crippen LogP contribution in [0.25, 0.3) is 32.6 Å². The Balaban J connectivity index is 1.68. The highest BCUT2D eigenvalue weighted by molar-refractivity contribution is 9.10. The van der Waals surface area contributed by atoms with Gasteiger partial charge in [-0.1, -0.05) is 72.3 Å². The van der Waals surface area contributed by atoms with Crippen LogP contribution in [0.1, 0.15) is 15.2 Å². The molecule has 0 fully saturated rings. The summed E-state index contributed by atoms with van der Waals surface area (Å²) in [5.41, 5.74) is 12.8. The summed E-state index contributed by atoms with van der Waals surface area (Å²) in [6.45, 7) is 2.06. The number of fused-ring (bicyclic) bond motifs is 1. The van der Waals surface area contributed by atoms with Gasteiger partial charge in [0.2, 0.25) is 0 Å². The number of carbonyl (C=O) groups excluding carboxylic acids is 1. The molecule has 1 amide bonds. The van der Waals surface area contributed by atoms with E-state index >= 15 is 0 Å². The number of pyridine rings is 1. The van der Waals surface area contributed by atoms with Crippen molar-refractivity contribution in [3.05, 3.63) is 99.8 Å². The van der Waals surface area contributed by atoms with Crippen LogP contribution in [0.3, 0.4) is 0 Å². The van der Waals surface area contributed by atoms with Gasteiger partial charge in [0.15, 0.2) is 0 Å². The van der Waals surface area contributed by atoms with Crippen molar-refractivity contribution in [1.82, 2.24) is 4.98 Å². The summed E-state index contributed by atoms with van der Waals surface area (Å²) in [6, 6.07) is 27.9. The average Bonchev–Trinajstić information content (AvgIpc) is 3.17. The molecule has 0 aliphatic heterocycles. The lowest BCUT2D eigenvalue weighted by Crippen LogP contribution is -2.12. The Kier molecular flexibility index (Phi) is 5.70. The van der Waals surface area contributed by atoms with Crippen LogP contribution in [0.15, 0.2) is 89.4 Å². The van der Waals surface area contributed by atoms with Gasteiger partial charge in [0, 0.05) is 15.4 Å². The minimum atomic E-state index is -0.252. The smallest absolute Gasteiger partial charge is 0.267 e. The predicted molar refractivity (Wildman–Crippen MR) is 142 cm³/mol. The van der Waals surface area contributed by atoms with Gasteiger partial charge in [0.25, 0.3) is 5.91 Å². The van der Waals surface area contributed by atoms with Crippen LogP contribution in [0, 0.1) is 6.92 Å². The number of aromatic nitrogens is 1. The molecule has 162 valence electrons. The van der Waals surface area contributed by atoms with Gasteiger partial charge in [0.1, 0.15) is 9.71 Å². The van der Waals surface area contributed by atoms with Crippen molar-refractivity contribution in [3.63, 3.8) is 0 Å². The van der Waals surface area contributed by atoms with Crippen molar-refractivity contribution in [2.24, 2.45) is 0 Å². The first-order chi connectivity index (χ1) is 16.0. The minimum Gasteiger partial charge on any atom is -0.397 e. The SMILES string of the molecule is Cc1ccc(-c2cc(-c3ccccc3)c3c(N)c(C(=O)Nc4ccccc4Br)sc3n2)cc1. The molecule has 0 bridgehead atoms. The monoisotopic (exact) mass is 513 g/mol. The molecule has 6 heteroatoms. The number of aryl methyl sites for hydroxylation is 1. The molecule has 5 aromatic rings. The van der Waals surface area contributed by atoms with Gasteiger partial charge in [-0.05, 0) is 52.2 Å². The fraction of sp³-hybridized carbons (Fsp3) is 0.0370. The van der Waals surface area contributed by atoms with Gasteiger partial charge >= 0.3 is 0 Å². The first kappa shape index (κ1) is 21.4. The summed E-state index contributed by atoms with van der Waals surface area (Å²) in [5.74, 6) is -0.252. The average molecular weight is 514 g/mol. The van der Waals surface area contributed by atoms with Crippen LogP contribution in [-0.4, -0.2) is 10.9 Å². The van der Waals surface area contributed by atoms with Crippen LogP contribution in [-0.2, 0) is 0 Å². The van der Waals surface area contributed by atoms with E-state index in [1.807, 2.05) is 54.6 Å². The third-order valence-corrected chi connectivity index (χ3v) is 7.25. The Bertz CT molecular complexity index is 1480. The summed E-state index contributed by atoms with van der Waals surface area (Å²) in [7, 11) is 0. The Hall–Kier alpha value is -3.48. The van der Waals surface area contributed by atoms with Crippen molar-refractivity contribution in [3.8, 4) is 22.4 Å². The number of anilines is 2. The van der Waals surface area contributed by atoms with E-state index in [0.29, 0.717) is 16.3 Å². The van der Waals surface area contributed by atoms with E-state index in [-0.39, 0.29) is 5.91 Å². The summed E-state index contributed by atoms with van der Waals surface area (Å²) in [5, 5.41) is 3.76. The summed E-state index contributed by atoms with van der Waals surface area (Å²) in [4.78, 5) is 19.3. The number of nitrogen functional groups attached to an aromatic ring is 1. The molecule has 0 aliphatic rings. The predicted octanol–water partition coefficient (Wildman–Crippen LogP) is 7.54. The van der Waals surface area contributed by atoms with Gasteiger partial charge in [-0.15, -0.1) is 11.3 Å². The number of rotatable bonds is 4. The molecule has 2 heterocycles. The lowest BCUT2D eigenvalue weighted by molar-refractivity contribution is 0.103. The summed E-state index contributed by atoms with van der Waals surface area (Å²) >= 11 is 4.79. The zero-order chi connectivity index (χ0) is 22.9. The van der Waals surface area contributed by atoms with Crippen LogP contribution in [0.4, 0.5) is 11.4 Å². The molecule has 0 saturated heterocycles. The number of halogens is 1. The number of nitrogens with zero attached hydrogens (tertiary/aromatic N) is 1. The fourth-order valence-corrected chi connectivity index (χ4v) is 5.15. The molecular weight excluding hydrogens is 494 g/mol. The van der Waals surface area contributed by atoms with E-state index in [1.165, 1.54) is 16.9 Å². The largest absolute Gasteiger partial charge is 0.397 e. The molecule has 3 N–H and O–H groups in total. The zero-order valence-electron chi connectivity index (χ0n) is 17.8. The lowest BCUT2D eigenvalue weighted by Gasteiger charge is -2.09. The number of amides is 1. The van der Waals surface area contributed by atoms with Crippen molar-refractivity contribution < 1.29 is 4.79 Å². The molecule has 0 unspecified atom stereocenters. The first-order valence-corrected chi connectivity index (χ1v) is 12.0. The molecule has 5 rings (SSSR count). The van der Waals surface area contributed by atoms with Gasteiger partial charge in [-0.3, -0.25) is 4.79 Å². The van der Waals surface area contributed by atoms with Gasteiger partial charge in [0.05, 0.1) is 17.1 Å². The molecule has 0 spiro atoms. The van der Waals surface area contributed by atoms with E-state index in [4.69, 9.17) is 10.7 Å². The number of carbonyl (C=O) groups is 1. The maximum Gasteiger partial charge on any atom is 0.267 e. The number of hydrogen-bond donors (Lipinski definition) is 2. The zero-order valence-corrected chi connectivity index (χ0v) is 20.2. The normalized spacial score (nSPS) is 11.0. The van der Waals surface area contributed by atoms with Gasteiger partial charge in [-0.25, -0.2) is 4.98 Å². The Labute approximate surface area is 204 Å². The quantitative estimate of drug-likeness (QED) is 0.260. The molecule has 3 aromatic carbocycles. The third-order valence-electron chi connectivity index (χ3n) is 5.46. The standard InChI is InChI=1S/C27H20BrN3OS/c1-16-11-13-18(14-12-16)22-15-19(17-7-3-2-4-8-17)23-24(29)25(33-27(23)31-22)26(32)30-21-10-6-5-9-20(21)28/h2-15H,29H2,1H3,(H,30,32). The molecule has 0 aliphatic carbocycles. The molecule has 33 heavy (non-hydrogen) atoms. The molecule has 4 nitrogen and oxygen atoms in total. The molecule has 0 atom stereocenters. The van der Waals surface area contributed by atoms with E-state index in [9.17, 15) is 4.79 Å². The van der Waals surface area contributed by atoms with E-state index in [0.717, 1.165) is 37.1 Å². The van der Waals surface area contributed by atoms with Crippen molar-refractivity contribution >= 4 is 54.8 Å². The number of para-hydroxylation sites is 1. The third kappa shape index (κ3) is 4.15. The fourth-order valence-electron chi connectivity index (χ4n) is 3.75. The number of thiophene rings is 1. The maximum absolute atomic E-state index is 13.2. The second-order valence-corrected chi connectivity index (χ2v) is 9.60. The molecule has 0 saturated carbocycles. The Morgan fingerprint density at radius 3 is 2.36 bits per heavy atom. The van der Waals surface area contributed by atoms with E-state index in [2.05, 4.69) is 58.5 Å². The number of nitrogens with two attached hydrogens (primary N) is 1. The van der Waals surface area contributed by atoms with Gasteiger partial charge < -0.3 is 11.1 Å². The van der Waals surface area contributed by atoms with Crippen LogP contribution >= 0.6 is 27.3 Å². The minimum absolute atomic E-state index is 0.252. The number of benzene rings is 3. The first-order valence-electron chi connectivity index (χ1n) is 10.4. The molecular formula is C27H20BrN3OS. The second-order valence-electron chi connectivity index (χ2n) is 7.75. The van der Waals surface area contributed by atoms with Crippen molar-refractivity contribution in [2.45, 2.75) is 6.92 Å². The lowest BCUT2D eigenvalue weighted by atomic mass is 9.99. The topological polar surface area (TPSA) is 68.0 Å². The van der Waals surface area contributed by atoms with Crippen molar-refractivity contribution in [2.75, 3.05) is 11.1 Å². The second kappa shape index (κ2) is 8.81.